The number of fused-ring (bicyclic) bond motifs is 1. The molecule has 1 saturated heterocycles. The highest BCUT2D eigenvalue weighted by molar-refractivity contribution is 5.88. The number of aromatic amines is 1. The molecule has 0 saturated carbocycles. The van der Waals surface area contributed by atoms with E-state index in [-0.39, 0.29) is 11.7 Å². The second-order valence-corrected chi connectivity index (χ2v) is 4.79. The van der Waals surface area contributed by atoms with Gasteiger partial charge >= 0.3 is 0 Å². The summed E-state index contributed by atoms with van der Waals surface area (Å²) in [7, 11) is 0. The molecular weight excluding hydrogens is 242 g/mol. The maximum atomic E-state index is 11.5. The molecule has 4 heteroatoms. The highest BCUT2D eigenvalue weighted by Crippen LogP contribution is 2.37. The Morgan fingerprint density at radius 1 is 1.37 bits per heavy atom. The Labute approximate surface area is 111 Å². The lowest BCUT2D eigenvalue weighted by atomic mass is 10.1. The van der Waals surface area contributed by atoms with Crippen molar-refractivity contribution < 1.29 is 9.47 Å². The van der Waals surface area contributed by atoms with Gasteiger partial charge in [0.15, 0.2) is 0 Å². The highest BCUT2D eigenvalue weighted by Gasteiger charge is 2.27. The molecule has 1 fully saturated rings. The topological polar surface area (TPSA) is 54.6 Å². The van der Waals surface area contributed by atoms with Gasteiger partial charge in [0.2, 0.25) is 5.56 Å². The minimum absolute atomic E-state index is 0.110. The molecule has 2 heterocycles. The van der Waals surface area contributed by atoms with Crippen LogP contribution in [0.3, 0.4) is 0 Å². The number of hydrogen-bond donors (Lipinski definition) is 1. The predicted molar refractivity (Wildman–Crippen MR) is 73.7 cm³/mol. The lowest BCUT2D eigenvalue weighted by Crippen LogP contribution is -2.06. The zero-order chi connectivity index (χ0) is 13.2. The van der Waals surface area contributed by atoms with E-state index in [4.69, 9.17) is 9.47 Å². The maximum absolute atomic E-state index is 11.5. The summed E-state index contributed by atoms with van der Waals surface area (Å²) >= 11 is 0. The van der Waals surface area contributed by atoms with Crippen LogP contribution in [0, 0.1) is 0 Å². The predicted octanol–water partition coefficient (Wildman–Crippen LogP) is 2.78. The van der Waals surface area contributed by atoms with E-state index in [1.807, 2.05) is 18.2 Å². The number of H-pyrrole nitrogens is 1. The van der Waals surface area contributed by atoms with Crippen molar-refractivity contribution in [2.45, 2.75) is 25.9 Å². The maximum Gasteiger partial charge on any atom is 0.248 e. The lowest BCUT2D eigenvalue weighted by molar-refractivity contribution is 0.312. The number of benzene rings is 1. The first-order valence-electron chi connectivity index (χ1n) is 6.70. The monoisotopic (exact) mass is 259 g/mol. The molecule has 1 aliphatic rings. The fourth-order valence-electron chi connectivity index (χ4n) is 2.20. The van der Waals surface area contributed by atoms with E-state index in [1.165, 1.54) is 0 Å². The number of aromatic nitrogens is 1. The summed E-state index contributed by atoms with van der Waals surface area (Å²) in [6.45, 7) is 3.54. The number of ether oxygens (including phenoxy) is 2. The van der Waals surface area contributed by atoms with Crippen LogP contribution in [0.25, 0.3) is 10.9 Å². The van der Waals surface area contributed by atoms with Crippen molar-refractivity contribution in [3.63, 3.8) is 0 Å². The van der Waals surface area contributed by atoms with Crippen molar-refractivity contribution in [1.82, 2.24) is 4.98 Å². The van der Waals surface area contributed by atoms with Crippen molar-refractivity contribution >= 4 is 10.9 Å². The molecule has 0 radical (unpaired) electrons. The van der Waals surface area contributed by atoms with Crippen LogP contribution in [-0.4, -0.2) is 18.2 Å². The molecule has 2 aromatic rings. The second-order valence-electron chi connectivity index (χ2n) is 4.79. The summed E-state index contributed by atoms with van der Waals surface area (Å²) in [4.78, 5) is 14.4. The molecule has 1 aromatic heterocycles. The summed E-state index contributed by atoms with van der Waals surface area (Å²) in [6, 6.07) is 7.34. The molecule has 1 N–H and O–H groups in total. The molecule has 4 nitrogen and oxygen atoms in total. The largest absolute Gasteiger partial charge is 0.491 e. The average molecular weight is 259 g/mol. The Kier molecular flexibility index (Phi) is 3.25. The van der Waals surface area contributed by atoms with Gasteiger partial charge in [-0.15, -0.1) is 0 Å². The van der Waals surface area contributed by atoms with E-state index < -0.39 is 0 Å². The van der Waals surface area contributed by atoms with Crippen LogP contribution in [0.4, 0.5) is 0 Å². The number of pyridine rings is 1. The smallest absolute Gasteiger partial charge is 0.248 e. The third-order valence-corrected chi connectivity index (χ3v) is 3.33. The Morgan fingerprint density at radius 2 is 2.21 bits per heavy atom. The van der Waals surface area contributed by atoms with Crippen molar-refractivity contribution in [2.75, 3.05) is 13.2 Å². The van der Waals surface area contributed by atoms with E-state index in [0.717, 1.165) is 41.7 Å². The fourth-order valence-corrected chi connectivity index (χ4v) is 2.20. The Hall–Kier alpha value is -1.81. The summed E-state index contributed by atoms with van der Waals surface area (Å²) in [6.07, 6.45) is 2.26. The number of hydrogen-bond acceptors (Lipinski definition) is 3. The standard InChI is InChI=1S/C15H17NO3/c1-2-3-8-18-12-6-4-10(13-9-19-13)11-5-7-14(17)16-15(11)12/h4-7,13H,2-3,8-9H2,1H3,(H,16,17)/t13-/m0/s1. The van der Waals surface area contributed by atoms with E-state index in [2.05, 4.69) is 11.9 Å². The van der Waals surface area contributed by atoms with Crippen LogP contribution < -0.4 is 10.3 Å². The molecule has 0 spiro atoms. The Bertz CT molecular complexity index is 643. The molecule has 0 amide bonds. The van der Waals surface area contributed by atoms with Gasteiger partial charge in [0.25, 0.3) is 0 Å². The van der Waals surface area contributed by atoms with E-state index >= 15 is 0 Å². The molecule has 1 aromatic carbocycles. The van der Waals surface area contributed by atoms with Crippen LogP contribution in [-0.2, 0) is 4.74 Å². The Balaban J connectivity index is 2.04. The number of epoxide rings is 1. The van der Waals surface area contributed by atoms with Gasteiger partial charge < -0.3 is 14.5 Å². The summed E-state index contributed by atoms with van der Waals surface area (Å²) in [5.41, 5.74) is 1.78. The lowest BCUT2D eigenvalue weighted by Gasteiger charge is -2.11. The number of nitrogens with one attached hydrogen (secondary N) is 1. The average Bonchev–Trinajstić information content (AvgIpc) is 3.23. The van der Waals surface area contributed by atoms with E-state index in [0.29, 0.717) is 6.61 Å². The SMILES string of the molecule is CCCCOc1ccc([C@@H]2CO2)c2ccc(=O)[nH]c12. The first-order chi connectivity index (χ1) is 9.29. The number of unbranched alkanes of at least 4 members (excludes halogenated alkanes) is 1. The van der Waals surface area contributed by atoms with Crippen LogP contribution >= 0.6 is 0 Å². The number of rotatable bonds is 5. The first-order valence-corrected chi connectivity index (χ1v) is 6.70. The summed E-state index contributed by atoms with van der Waals surface area (Å²) < 4.78 is 11.1. The Morgan fingerprint density at radius 3 is 2.95 bits per heavy atom. The van der Waals surface area contributed by atoms with Gasteiger partial charge in [-0.1, -0.05) is 19.4 Å². The third kappa shape index (κ3) is 2.49. The van der Waals surface area contributed by atoms with E-state index in [1.54, 1.807) is 6.07 Å². The van der Waals surface area contributed by atoms with Crippen LogP contribution in [0.1, 0.15) is 31.4 Å². The fraction of sp³-hybridized carbons (Fsp3) is 0.400. The quantitative estimate of drug-likeness (QED) is 0.663. The minimum atomic E-state index is -0.110. The first kappa shape index (κ1) is 12.2. The van der Waals surface area contributed by atoms with Gasteiger partial charge in [-0.3, -0.25) is 4.79 Å². The van der Waals surface area contributed by atoms with E-state index in [9.17, 15) is 4.79 Å². The molecular formula is C15H17NO3. The van der Waals surface area contributed by atoms with Gasteiger partial charge in [0.1, 0.15) is 11.9 Å². The second kappa shape index (κ2) is 5.05. The highest BCUT2D eigenvalue weighted by atomic mass is 16.6. The molecule has 19 heavy (non-hydrogen) atoms. The van der Waals surface area contributed by atoms with Gasteiger partial charge in [-0.2, -0.15) is 0 Å². The van der Waals surface area contributed by atoms with Gasteiger partial charge in [0.05, 0.1) is 18.7 Å². The van der Waals surface area contributed by atoms with Crippen LogP contribution in [0.2, 0.25) is 0 Å². The molecule has 3 rings (SSSR count). The van der Waals surface area contributed by atoms with Crippen molar-refractivity contribution in [1.29, 1.82) is 0 Å². The zero-order valence-electron chi connectivity index (χ0n) is 10.9. The molecule has 0 bridgehead atoms. The minimum Gasteiger partial charge on any atom is -0.491 e. The van der Waals surface area contributed by atoms with Crippen LogP contribution in [0.5, 0.6) is 5.75 Å². The zero-order valence-corrected chi connectivity index (χ0v) is 10.9. The third-order valence-electron chi connectivity index (χ3n) is 3.33. The summed E-state index contributed by atoms with van der Waals surface area (Å²) in [5, 5.41) is 1.01. The molecule has 0 unspecified atom stereocenters. The normalized spacial score (nSPS) is 17.6. The molecule has 100 valence electrons. The molecule has 0 aliphatic carbocycles. The molecule has 1 atom stereocenters. The van der Waals surface area contributed by atoms with Gasteiger partial charge in [-0.25, -0.2) is 0 Å². The van der Waals surface area contributed by atoms with Crippen molar-refractivity contribution in [2.24, 2.45) is 0 Å². The summed E-state index contributed by atoms with van der Waals surface area (Å²) in [5.74, 6) is 0.741. The van der Waals surface area contributed by atoms with Crippen molar-refractivity contribution in [3.05, 3.63) is 40.2 Å². The van der Waals surface area contributed by atoms with Crippen LogP contribution in [0.15, 0.2) is 29.1 Å². The van der Waals surface area contributed by atoms with Gasteiger partial charge in [0, 0.05) is 11.5 Å². The molecule has 1 aliphatic heterocycles. The van der Waals surface area contributed by atoms with Gasteiger partial charge in [-0.05, 0) is 24.1 Å². The van der Waals surface area contributed by atoms with Crippen molar-refractivity contribution in [3.8, 4) is 5.75 Å².